The molecular weight excluding hydrogens is 302 g/mol. The largest absolute Gasteiger partial charge is 0.478 e. The van der Waals surface area contributed by atoms with Crippen molar-refractivity contribution in [1.29, 1.82) is 0 Å². The minimum Gasteiger partial charge on any atom is -0.478 e. The molecule has 3 rings (SSSR count). The van der Waals surface area contributed by atoms with Crippen LogP contribution >= 0.6 is 11.8 Å². The van der Waals surface area contributed by atoms with Crippen molar-refractivity contribution in [2.45, 2.75) is 5.03 Å². The van der Waals surface area contributed by atoms with Gasteiger partial charge in [-0.15, -0.1) is 11.8 Å². The molecule has 0 aliphatic rings. The molecule has 0 radical (unpaired) electrons. The third-order valence-corrected chi connectivity index (χ3v) is 3.72. The fourth-order valence-electron chi connectivity index (χ4n) is 1.93. The highest BCUT2D eigenvalue weighted by Gasteiger charge is 2.14. The number of carbonyl (C=O) groups is 1. The van der Waals surface area contributed by atoms with Gasteiger partial charge in [0.25, 0.3) is 5.89 Å². The Hall–Kier alpha value is -2.67. The lowest BCUT2D eigenvalue weighted by Gasteiger charge is -1.99. The minimum atomic E-state index is -0.972. The number of benzene rings is 1. The number of hydrogen-bond acceptors (Lipinski definition) is 6. The Morgan fingerprint density at radius 2 is 2.00 bits per heavy atom. The predicted molar refractivity (Wildman–Crippen MR) is 81.7 cm³/mol. The van der Waals surface area contributed by atoms with Gasteiger partial charge in [0.15, 0.2) is 0 Å². The zero-order chi connectivity index (χ0) is 15.5. The quantitative estimate of drug-likeness (QED) is 0.740. The number of carboxylic acids is 1. The van der Waals surface area contributed by atoms with Crippen LogP contribution in [0.3, 0.4) is 0 Å². The number of nitrogens with zero attached hydrogens (tertiary/aromatic N) is 3. The highest BCUT2D eigenvalue weighted by Crippen LogP contribution is 2.28. The maximum absolute atomic E-state index is 10.8. The number of aromatic carboxylic acids is 1. The first-order valence-electron chi connectivity index (χ1n) is 6.36. The van der Waals surface area contributed by atoms with Gasteiger partial charge in [0.1, 0.15) is 5.03 Å². The fraction of sp³-hybridized carbons (Fsp3) is 0.0667. The van der Waals surface area contributed by atoms with Gasteiger partial charge in [-0.2, -0.15) is 4.98 Å². The Bertz CT molecular complexity index is 815. The van der Waals surface area contributed by atoms with E-state index < -0.39 is 5.97 Å². The van der Waals surface area contributed by atoms with Crippen LogP contribution in [-0.2, 0) is 0 Å². The van der Waals surface area contributed by atoms with Crippen molar-refractivity contribution in [2.75, 3.05) is 6.26 Å². The van der Waals surface area contributed by atoms with Gasteiger partial charge in [-0.05, 0) is 30.5 Å². The summed E-state index contributed by atoms with van der Waals surface area (Å²) in [6, 6.07) is 9.98. The molecule has 2 aromatic heterocycles. The number of carboxylic acid groups (broad SMARTS) is 1. The summed E-state index contributed by atoms with van der Waals surface area (Å²) in [4.78, 5) is 19.5. The smallest absolute Gasteiger partial charge is 0.335 e. The van der Waals surface area contributed by atoms with Crippen LogP contribution < -0.4 is 0 Å². The number of rotatable bonds is 4. The van der Waals surface area contributed by atoms with Gasteiger partial charge in [-0.1, -0.05) is 17.3 Å². The first-order chi connectivity index (χ1) is 10.7. The first-order valence-corrected chi connectivity index (χ1v) is 7.58. The maximum Gasteiger partial charge on any atom is 0.335 e. The lowest BCUT2D eigenvalue weighted by molar-refractivity contribution is 0.0697. The van der Waals surface area contributed by atoms with Crippen molar-refractivity contribution < 1.29 is 14.4 Å². The molecule has 0 fully saturated rings. The Balaban J connectivity index is 1.95. The van der Waals surface area contributed by atoms with Crippen molar-refractivity contribution in [2.24, 2.45) is 0 Å². The highest BCUT2D eigenvalue weighted by atomic mass is 32.2. The topological polar surface area (TPSA) is 89.1 Å². The fourth-order valence-corrected chi connectivity index (χ4v) is 2.47. The molecule has 2 heterocycles. The molecule has 7 heteroatoms. The molecule has 0 spiro atoms. The third kappa shape index (κ3) is 2.71. The van der Waals surface area contributed by atoms with Crippen LogP contribution in [-0.4, -0.2) is 32.5 Å². The molecule has 0 unspecified atom stereocenters. The van der Waals surface area contributed by atoms with E-state index in [4.69, 9.17) is 9.63 Å². The van der Waals surface area contributed by atoms with Gasteiger partial charge >= 0.3 is 5.97 Å². The minimum absolute atomic E-state index is 0.212. The van der Waals surface area contributed by atoms with E-state index >= 15 is 0 Å². The van der Waals surface area contributed by atoms with E-state index in [1.165, 1.54) is 23.9 Å². The first kappa shape index (κ1) is 14.3. The average molecular weight is 313 g/mol. The van der Waals surface area contributed by atoms with Crippen molar-refractivity contribution in [1.82, 2.24) is 15.1 Å². The van der Waals surface area contributed by atoms with Crippen molar-refractivity contribution in [3.05, 3.63) is 48.2 Å². The van der Waals surface area contributed by atoms with E-state index in [9.17, 15) is 4.79 Å². The molecule has 22 heavy (non-hydrogen) atoms. The summed E-state index contributed by atoms with van der Waals surface area (Å²) in [5, 5.41) is 13.6. The molecule has 0 saturated heterocycles. The van der Waals surface area contributed by atoms with E-state index in [-0.39, 0.29) is 5.56 Å². The summed E-state index contributed by atoms with van der Waals surface area (Å²) in [5.74, 6) is -0.182. The number of hydrogen-bond donors (Lipinski definition) is 1. The van der Waals surface area contributed by atoms with E-state index in [0.717, 1.165) is 10.6 Å². The molecule has 3 aromatic rings. The number of aromatic nitrogens is 3. The zero-order valence-corrected chi connectivity index (χ0v) is 12.4. The second-order valence-electron chi connectivity index (χ2n) is 4.37. The monoisotopic (exact) mass is 313 g/mol. The SMILES string of the molecule is CSc1ncccc1-c1nc(-c2ccc(C(=O)O)cc2)no1. The molecule has 0 atom stereocenters. The molecule has 110 valence electrons. The van der Waals surface area contributed by atoms with Gasteiger partial charge in [-0.3, -0.25) is 0 Å². The summed E-state index contributed by atoms with van der Waals surface area (Å²) in [6.45, 7) is 0. The van der Waals surface area contributed by atoms with Crippen molar-refractivity contribution in [3.63, 3.8) is 0 Å². The van der Waals surface area contributed by atoms with Crippen LogP contribution in [0.1, 0.15) is 10.4 Å². The van der Waals surface area contributed by atoms with Crippen LogP contribution in [0.4, 0.5) is 0 Å². The zero-order valence-electron chi connectivity index (χ0n) is 11.6. The van der Waals surface area contributed by atoms with Crippen LogP contribution in [0.5, 0.6) is 0 Å². The van der Waals surface area contributed by atoms with Crippen molar-refractivity contribution in [3.8, 4) is 22.8 Å². The summed E-state index contributed by atoms with van der Waals surface area (Å²) < 4.78 is 5.29. The lowest BCUT2D eigenvalue weighted by atomic mass is 10.1. The van der Waals surface area contributed by atoms with E-state index in [1.807, 2.05) is 12.3 Å². The molecule has 0 bridgehead atoms. The predicted octanol–water partition coefficient (Wildman–Crippen LogP) is 3.22. The number of thioether (sulfide) groups is 1. The Morgan fingerprint density at radius 1 is 1.23 bits per heavy atom. The standard InChI is InChI=1S/C15H11N3O3S/c1-22-14-11(3-2-8-16-14)13-17-12(18-21-13)9-4-6-10(7-5-9)15(19)20/h2-8H,1H3,(H,19,20). The lowest BCUT2D eigenvalue weighted by Crippen LogP contribution is -1.95. The molecule has 6 nitrogen and oxygen atoms in total. The van der Waals surface area contributed by atoms with Gasteiger partial charge in [-0.25, -0.2) is 9.78 Å². The molecular formula is C15H11N3O3S. The molecule has 0 saturated carbocycles. The Morgan fingerprint density at radius 3 is 2.68 bits per heavy atom. The normalized spacial score (nSPS) is 10.6. The molecule has 1 aromatic carbocycles. The van der Waals surface area contributed by atoms with Crippen LogP contribution in [0.15, 0.2) is 52.1 Å². The summed E-state index contributed by atoms with van der Waals surface area (Å²) in [7, 11) is 0. The second-order valence-corrected chi connectivity index (χ2v) is 5.16. The molecule has 1 N–H and O–H groups in total. The average Bonchev–Trinajstić information content (AvgIpc) is 3.04. The third-order valence-electron chi connectivity index (χ3n) is 3.01. The van der Waals surface area contributed by atoms with Gasteiger partial charge in [0.05, 0.1) is 11.1 Å². The molecule has 0 amide bonds. The summed E-state index contributed by atoms with van der Waals surface area (Å²) >= 11 is 1.50. The Kier molecular flexibility index (Phi) is 3.88. The molecule has 0 aliphatic heterocycles. The Labute approximate surface area is 130 Å². The highest BCUT2D eigenvalue weighted by molar-refractivity contribution is 7.98. The second kappa shape index (κ2) is 5.98. The van der Waals surface area contributed by atoms with E-state index in [1.54, 1.807) is 24.4 Å². The summed E-state index contributed by atoms with van der Waals surface area (Å²) in [5.41, 5.74) is 1.68. The van der Waals surface area contributed by atoms with Gasteiger partial charge in [0, 0.05) is 11.8 Å². The van der Waals surface area contributed by atoms with Gasteiger partial charge < -0.3 is 9.63 Å². The summed E-state index contributed by atoms with van der Waals surface area (Å²) in [6.07, 6.45) is 3.63. The molecule has 0 aliphatic carbocycles. The number of pyridine rings is 1. The maximum atomic E-state index is 10.8. The van der Waals surface area contributed by atoms with Crippen LogP contribution in [0.2, 0.25) is 0 Å². The van der Waals surface area contributed by atoms with E-state index in [0.29, 0.717) is 17.3 Å². The van der Waals surface area contributed by atoms with Crippen molar-refractivity contribution >= 4 is 17.7 Å². The van der Waals surface area contributed by atoms with E-state index in [2.05, 4.69) is 15.1 Å². The van der Waals surface area contributed by atoms with Crippen LogP contribution in [0.25, 0.3) is 22.8 Å². The van der Waals surface area contributed by atoms with Gasteiger partial charge in [0.2, 0.25) is 5.82 Å². The van der Waals surface area contributed by atoms with Crippen LogP contribution in [0, 0.1) is 0 Å².